The average molecular weight is 320 g/mol. The van der Waals surface area contributed by atoms with Crippen LogP contribution in [0.25, 0.3) is 0 Å². The fraction of sp³-hybridized carbons (Fsp3) is 0.333. The summed E-state index contributed by atoms with van der Waals surface area (Å²) in [5.74, 6) is 0. The molecule has 0 spiro atoms. The second kappa shape index (κ2) is 6.89. The van der Waals surface area contributed by atoms with Gasteiger partial charge >= 0.3 is 91.9 Å². The maximum absolute atomic E-state index is 2.42. The maximum atomic E-state index is 2.42. The van der Waals surface area contributed by atoms with E-state index in [1.165, 1.54) is 6.42 Å². The third-order valence-electron chi connectivity index (χ3n) is 2.67. The van der Waals surface area contributed by atoms with Crippen LogP contribution < -0.4 is 24.8 Å². The first kappa shape index (κ1) is 15.4. The predicted molar refractivity (Wildman–Crippen MR) is 53.3 cm³/mol. The van der Waals surface area contributed by atoms with Crippen LogP contribution in [0.2, 0.25) is 6.75 Å². The molecule has 0 aromatic carbocycles. The number of hydrogen-bond acceptors (Lipinski definition) is 0. The van der Waals surface area contributed by atoms with Gasteiger partial charge in [-0.15, -0.1) is 0 Å². The first-order valence-corrected chi connectivity index (χ1v) is 7.49. The summed E-state index contributed by atoms with van der Waals surface area (Å²) >= 11 is -0.385. The van der Waals surface area contributed by atoms with Crippen LogP contribution in [0.1, 0.15) is 13.3 Å². The summed E-state index contributed by atoms with van der Waals surface area (Å²) in [6.07, 6.45) is 19.7. The molecule has 15 heavy (non-hydrogen) atoms. The molecule has 80 valence electrons. The molecule has 0 fully saturated rings. The maximum Gasteiger partial charge on any atom is -1.00 e. The second-order valence-electron chi connectivity index (χ2n) is 3.55. The van der Waals surface area contributed by atoms with E-state index in [0.29, 0.717) is 3.12 Å². The Hall–Kier alpha value is 0.423. The molecule has 0 unspecified atom stereocenters. The molecular weight excluding hydrogens is 306 g/mol. The van der Waals surface area contributed by atoms with Crippen molar-refractivity contribution < 1.29 is 48.0 Å². The van der Waals surface area contributed by atoms with Crippen LogP contribution in [-0.4, -0.2) is 0 Å². The van der Waals surface area contributed by atoms with Gasteiger partial charge < -0.3 is 24.8 Å². The second-order valence-corrected chi connectivity index (χ2v) is 8.19. The van der Waals surface area contributed by atoms with E-state index >= 15 is 0 Å². The Morgan fingerprint density at radius 1 is 1.00 bits per heavy atom. The molecule has 0 saturated heterocycles. The Balaban J connectivity index is 0.000000980. The molecule has 0 nitrogen and oxygen atoms in total. The molecule has 0 amide bonds. The molecule has 0 N–H and O–H groups in total. The Bertz CT molecular complexity index is 279. The Morgan fingerprint density at radius 3 is 2.00 bits per heavy atom. The molecule has 0 aliphatic heterocycles. The van der Waals surface area contributed by atoms with Crippen LogP contribution in [0.3, 0.4) is 0 Å². The van der Waals surface area contributed by atoms with Gasteiger partial charge in [0.05, 0.1) is 0 Å². The minimum Gasteiger partial charge on any atom is -1.00 e. The van der Waals surface area contributed by atoms with Crippen LogP contribution in [0, 0.1) is 0 Å². The summed E-state index contributed by atoms with van der Waals surface area (Å²) < 4.78 is 1.32. The van der Waals surface area contributed by atoms with E-state index in [1.807, 2.05) is 0 Å². The molecule has 2 aliphatic rings. The summed E-state index contributed by atoms with van der Waals surface area (Å²) in [7, 11) is 0. The smallest absolute Gasteiger partial charge is 1.00 e. The van der Waals surface area contributed by atoms with Crippen molar-refractivity contribution in [2.45, 2.75) is 20.1 Å². The molecule has 2 rings (SSSR count). The topological polar surface area (TPSA) is 0 Å². The zero-order chi connectivity index (χ0) is 9.15. The van der Waals surface area contributed by atoms with Crippen molar-refractivity contribution in [2.75, 3.05) is 0 Å². The van der Waals surface area contributed by atoms with E-state index in [0.717, 1.165) is 3.63 Å². The van der Waals surface area contributed by atoms with Gasteiger partial charge in [0, 0.05) is 0 Å². The summed E-state index contributed by atoms with van der Waals surface area (Å²) in [4.78, 5) is 0. The van der Waals surface area contributed by atoms with Crippen LogP contribution in [-0.2, 0) is 23.2 Å². The summed E-state index contributed by atoms with van der Waals surface area (Å²) in [5.41, 5.74) is 0. The Kier molecular flexibility index (Phi) is 7.08. The number of halogens is 2. The first-order chi connectivity index (χ1) is 6.35. The van der Waals surface area contributed by atoms with E-state index in [1.54, 1.807) is 0 Å². The quantitative estimate of drug-likeness (QED) is 0.548. The van der Waals surface area contributed by atoms with Crippen molar-refractivity contribution in [3.05, 3.63) is 48.6 Å². The van der Waals surface area contributed by atoms with Crippen molar-refractivity contribution >= 4 is 0 Å². The number of hydrogen-bond donors (Lipinski definition) is 0. The van der Waals surface area contributed by atoms with E-state index in [9.17, 15) is 0 Å². The van der Waals surface area contributed by atoms with Crippen molar-refractivity contribution in [1.29, 1.82) is 0 Å². The number of rotatable bonds is 3. The summed E-state index contributed by atoms with van der Waals surface area (Å²) in [6.45, 7) is 2.31. The van der Waals surface area contributed by atoms with Gasteiger partial charge in [-0.05, 0) is 0 Å². The Labute approximate surface area is 116 Å². The van der Waals surface area contributed by atoms with Crippen molar-refractivity contribution in [3.63, 3.8) is 0 Å². The predicted octanol–water partition coefficient (Wildman–Crippen LogP) is -2.31. The largest absolute Gasteiger partial charge is 1.00 e. The van der Waals surface area contributed by atoms with Gasteiger partial charge in [-0.1, -0.05) is 0 Å². The van der Waals surface area contributed by atoms with E-state index in [2.05, 4.69) is 55.5 Å². The zero-order valence-corrected chi connectivity index (χ0v) is 12.6. The van der Waals surface area contributed by atoms with Gasteiger partial charge in [-0.2, -0.15) is 0 Å². The molecular formula is C12H14Cl2Zr. The molecule has 2 aliphatic carbocycles. The van der Waals surface area contributed by atoms with Gasteiger partial charge in [0.2, 0.25) is 0 Å². The van der Waals surface area contributed by atoms with Crippen LogP contribution >= 0.6 is 0 Å². The fourth-order valence-corrected chi connectivity index (χ4v) is 5.78. The van der Waals surface area contributed by atoms with Crippen molar-refractivity contribution in [3.8, 4) is 0 Å². The molecule has 0 bridgehead atoms. The molecule has 0 atom stereocenters. The van der Waals surface area contributed by atoms with Crippen LogP contribution in [0.4, 0.5) is 0 Å². The minimum atomic E-state index is -0.385. The average Bonchev–Trinajstić information content (AvgIpc) is 2.77. The third-order valence-corrected chi connectivity index (χ3v) is 7.44. The summed E-state index contributed by atoms with van der Waals surface area (Å²) in [6, 6.07) is 0. The first-order valence-electron chi connectivity index (χ1n) is 4.84. The zero-order valence-electron chi connectivity index (χ0n) is 8.66. The SMILES string of the molecule is CC[C]1([Zr+2][CH]2C=CC=C2)C=CC=C1.[Cl-].[Cl-]. The van der Waals surface area contributed by atoms with Gasteiger partial charge in [0.15, 0.2) is 0 Å². The van der Waals surface area contributed by atoms with Crippen molar-refractivity contribution in [1.82, 2.24) is 0 Å². The molecule has 3 heteroatoms. The van der Waals surface area contributed by atoms with Gasteiger partial charge in [-0.3, -0.25) is 0 Å². The number of allylic oxidation sites excluding steroid dienone is 8. The fourth-order valence-electron chi connectivity index (χ4n) is 1.78. The molecule has 0 aromatic heterocycles. The Morgan fingerprint density at radius 2 is 1.53 bits per heavy atom. The molecule has 0 saturated carbocycles. The van der Waals surface area contributed by atoms with Gasteiger partial charge in [-0.25, -0.2) is 0 Å². The molecule has 0 aromatic rings. The molecule has 0 heterocycles. The van der Waals surface area contributed by atoms with E-state index in [4.69, 9.17) is 0 Å². The minimum absolute atomic E-state index is 0. The monoisotopic (exact) mass is 318 g/mol. The van der Waals surface area contributed by atoms with Crippen molar-refractivity contribution in [2.24, 2.45) is 0 Å². The van der Waals surface area contributed by atoms with E-state index in [-0.39, 0.29) is 48.0 Å². The van der Waals surface area contributed by atoms with Crippen LogP contribution in [0.5, 0.6) is 0 Å². The molecule has 0 radical (unpaired) electrons. The normalized spacial score (nSPS) is 19.8. The summed E-state index contributed by atoms with van der Waals surface area (Å²) in [5, 5.41) is 0. The van der Waals surface area contributed by atoms with E-state index < -0.39 is 0 Å². The third kappa shape index (κ3) is 3.73. The standard InChI is InChI=1S/C7H9.C5H5.2ClH.Zr/c1-2-7-5-3-4-6-7;1-2-4-5-3-1;;;/h3-6H,2H2,1H3;1-5H;2*1H;/q;;;;+2/p-2. The van der Waals surface area contributed by atoms with Gasteiger partial charge in [0.1, 0.15) is 0 Å². The van der Waals surface area contributed by atoms with Crippen LogP contribution in [0.15, 0.2) is 48.6 Å². The van der Waals surface area contributed by atoms with Gasteiger partial charge in [0.25, 0.3) is 0 Å².